The lowest BCUT2D eigenvalue weighted by atomic mass is 9.88. The number of carbonyl (C=O) groups is 4. The first kappa shape index (κ1) is 19.9. The molecule has 28 heavy (non-hydrogen) atoms. The lowest BCUT2D eigenvalue weighted by Crippen LogP contribution is -2.56. The van der Waals surface area contributed by atoms with Crippen molar-refractivity contribution >= 4 is 23.7 Å². The molecule has 1 saturated carbocycles. The van der Waals surface area contributed by atoms with Crippen molar-refractivity contribution in [2.45, 2.75) is 57.3 Å². The molecule has 1 aliphatic carbocycles. The van der Waals surface area contributed by atoms with E-state index in [1.807, 2.05) is 30.3 Å². The van der Waals surface area contributed by atoms with Crippen LogP contribution in [0.15, 0.2) is 30.3 Å². The number of alkyl carbamates (subject to hydrolysis) is 1. The normalized spacial score (nSPS) is 24.8. The molecule has 0 aromatic heterocycles. The molecule has 0 unspecified atom stereocenters. The van der Waals surface area contributed by atoms with Gasteiger partial charge in [-0.3, -0.25) is 14.4 Å². The Kier molecular flexibility index (Phi) is 6.28. The molecule has 3 atom stereocenters. The number of hydrogen-bond donors (Lipinski definition) is 2. The number of amides is 3. The van der Waals surface area contributed by atoms with Crippen LogP contribution in [0.3, 0.4) is 0 Å². The first-order chi connectivity index (χ1) is 13.4. The molecule has 2 aliphatic rings. The molecule has 2 fully saturated rings. The number of likely N-dealkylation sites (tertiary alicyclic amines) is 1. The molecule has 1 heterocycles. The standard InChI is InChI=1S/C20H25N3O5/c1-13(24)21-17-11-15(25)7-8-18(17)23-10-9-16(19(23)26)22-20(27)28-12-14-5-3-2-4-6-14/h2-6,16-18H,7-12H2,1H3,(H,21,24)(H,22,27)/t16-,17+,18-/m0/s1. The van der Waals surface area contributed by atoms with E-state index in [0.717, 1.165) is 5.56 Å². The highest BCUT2D eigenvalue weighted by Gasteiger charge is 2.42. The maximum Gasteiger partial charge on any atom is 0.408 e. The van der Waals surface area contributed by atoms with E-state index in [1.165, 1.54) is 6.92 Å². The Bertz CT molecular complexity index is 749. The minimum atomic E-state index is -0.654. The maximum absolute atomic E-state index is 12.8. The third-order valence-electron chi connectivity index (χ3n) is 5.16. The molecule has 1 aromatic rings. The molecule has 0 spiro atoms. The van der Waals surface area contributed by atoms with E-state index in [-0.39, 0.29) is 42.7 Å². The Balaban J connectivity index is 1.55. The molecule has 8 heteroatoms. The fourth-order valence-corrected chi connectivity index (χ4v) is 3.85. The highest BCUT2D eigenvalue weighted by atomic mass is 16.5. The zero-order valence-electron chi connectivity index (χ0n) is 15.8. The molecule has 3 amide bonds. The summed E-state index contributed by atoms with van der Waals surface area (Å²) in [4.78, 5) is 49.7. The van der Waals surface area contributed by atoms with E-state index >= 15 is 0 Å². The summed E-state index contributed by atoms with van der Waals surface area (Å²) >= 11 is 0. The van der Waals surface area contributed by atoms with E-state index in [9.17, 15) is 19.2 Å². The van der Waals surface area contributed by atoms with Gasteiger partial charge in [-0.15, -0.1) is 0 Å². The second kappa shape index (κ2) is 8.86. The molecular formula is C20H25N3O5. The average molecular weight is 387 g/mol. The summed E-state index contributed by atoms with van der Waals surface area (Å²) < 4.78 is 5.18. The zero-order chi connectivity index (χ0) is 20.1. The smallest absolute Gasteiger partial charge is 0.408 e. The highest BCUT2D eigenvalue weighted by Crippen LogP contribution is 2.26. The number of ketones is 1. The van der Waals surface area contributed by atoms with Crippen molar-refractivity contribution in [1.82, 2.24) is 15.5 Å². The van der Waals surface area contributed by atoms with Crippen LogP contribution >= 0.6 is 0 Å². The second-order valence-corrected chi connectivity index (χ2v) is 7.23. The predicted molar refractivity (Wildman–Crippen MR) is 100 cm³/mol. The summed E-state index contributed by atoms with van der Waals surface area (Å²) in [5, 5.41) is 5.41. The van der Waals surface area contributed by atoms with Crippen molar-refractivity contribution in [2.75, 3.05) is 6.54 Å². The van der Waals surface area contributed by atoms with Gasteiger partial charge in [-0.2, -0.15) is 0 Å². The van der Waals surface area contributed by atoms with Gasteiger partial charge in [-0.25, -0.2) is 4.79 Å². The van der Waals surface area contributed by atoms with E-state index in [2.05, 4.69) is 10.6 Å². The maximum atomic E-state index is 12.8. The fourth-order valence-electron chi connectivity index (χ4n) is 3.85. The SMILES string of the molecule is CC(=O)N[C@@H]1CC(=O)CC[C@@H]1N1CC[C@H](NC(=O)OCc2ccccc2)C1=O. The summed E-state index contributed by atoms with van der Waals surface area (Å²) in [6.45, 7) is 2.00. The zero-order valence-corrected chi connectivity index (χ0v) is 15.8. The highest BCUT2D eigenvalue weighted by molar-refractivity contribution is 5.88. The molecular weight excluding hydrogens is 362 g/mol. The number of ether oxygens (including phenoxy) is 1. The topological polar surface area (TPSA) is 105 Å². The van der Waals surface area contributed by atoms with Gasteiger partial charge in [0, 0.05) is 26.3 Å². The summed E-state index contributed by atoms with van der Waals surface area (Å²) in [7, 11) is 0. The summed E-state index contributed by atoms with van der Waals surface area (Å²) in [5.41, 5.74) is 0.863. The van der Waals surface area contributed by atoms with Crippen molar-refractivity contribution in [3.63, 3.8) is 0 Å². The largest absolute Gasteiger partial charge is 0.445 e. The van der Waals surface area contributed by atoms with Gasteiger partial charge in [0.15, 0.2) is 0 Å². The number of rotatable bonds is 5. The number of carbonyl (C=O) groups excluding carboxylic acids is 4. The van der Waals surface area contributed by atoms with Crippen molar-refractivity contribution in [2.24, 2.45) is 0 Å². The van der Waals surface area contributed by atoms with Gasteiger partial charge in [0.25, 0.3) is 0 Å². The Morgan fingerprint density at radius 3 is 2.61 bits per heavy atom. The lowest BCUT2D eigenvalue weighted by molar-refractivity contribution is -0.135. The Labute approximate surface area is 163 Å². The number of hydrogen-bond acceptors (Lipinski definition) is 5. The second-order valence-electron chi connectivity index (χ2n) is 7.23. The summed E-state index contributed by atoms with van der Waals surface area (Å²) in [5.74, 6) is -0.345. The first-order valence-corrected chi connectivity index (χ1v) is 9.50. The number of nitrogens with zero attached hydrogens (tertiary/aromatic N) is 1. The van der Waals surface area contributed by atoms with Gasteiger partial charge in [0.1, 0.15) is 18.4 Å². The van der Waals surface area contributed by atoms with Crippen molar-refractivity contribution in [3.8, 4) is 0 Å². The van der Waals surface area contributed by atoms with E-state index < -0.39 is 12.1 Å². The molecule has 3 rings (SSSR count). The van der Waals surface area contributed by atoms with E-state index in [0.29, 0.717) is 25.8 Å². The van der Waals surface area contributed by atoms with Crippen LogP contribution in [0.4, 0.5) is 4.79 Å². The van der Waals surface area contributed by atoms with E-state index in [4.69, 9.17) is 4.74 Å². The quantitative estimate of drug-likeness (QED) is 0.788. The van der Waals surface area contributed by atoms with Gasteiger partial charge in [-0.05, 0) is 18.4 Å². The third kappa shape index (κ3) is 4.88. The molecule has 0 bridgehead atoms. The number of benzene rings is 1. The molecule has 8 nitrogen and oxygen atoms in total. The third-order valence-corrected chi connectivity index (χ3v) is 5.16. The van der Waals surface area contributed by atoms with Crippen LogP contribution in [0.1, 0.15) is 38.2 Å². The summed E-state index contributed by atoms with van der Waals surface area (Å²) in [6.07, 6.45) is 0.964. The van der Waals surface area contributed by atoms with Gasteiger partial charge < -0.3 is 20.3 Å². The lowest BCUT2D eigenvalue weighted by Gasteiger charge is -2.37. The number of nitrogens with one attached hydrogen (secondary N) is 2. The minimum Gasteiger partial charge on any atom is -0.445 e. The van der Waals surface area contributed by atoms with Crippen molar-refractivity contribution in [3.05, 3.63) is 35.9 Å². The molecule has 2 N–H and O–H groups in total. The summed E-state index contributed by atoms with van der Waals surface area (Å²) in [6, 6.07) is 8.02. The predicted octanol–water partition coefficient (Wildman–Crippen LogP) is 1.14. The van der Waals surface area contributed by atoms with Gasteiger partial charge in [0.2, 0.25) is 11.8 Å². The van der Waals surface area contributed by atoms with Gasteiger partial charge >= 0.3 is 6.09 Å². The molecule has 1 saturated heterocycles. The van der Waals surface area contributed by atoms with Crippen LogP contribution in [0.5, 0.6) is 0 Å². The van der Waals surface area contributed by atoms with Crippen LogP contribution in [0.2, 0.25) is 0 Å². The van der Waals surface area contributed by atoms with Gasteiger partial charge in [0.05, 0.1) is 12.1 Å². The van der Waals surface area contributed by atoms with Crippen molar-refractivity contribution < 1.29 is 23.9 Å². The monoisotopic (exact) mass is 387 g/mol. The fraction of sp³-hybridized carbons (Fsp3) is 0.500. The van der Waals surface area contributed by atoms with Crippen LogP contribution in [-0.2, 0) is 25.7 Å². The van der Waals surface area contributed by atoms with Gasteiger partial charge in [-0.1, -0.05) is 30.3 Å². The van der Waals surface area contributed by atoms with E-state index in [1.54, 1.807) is 4.90 Å². The molecule has 1 aromatic carbocycles. The average Bonchev–Trinajstić information content (AvgIpc) is 3.01. The molecule has 150 valence electrons. The Hall–Kier alpha value is -2.90. The molecule has 0 radical (unpaired) electrons. The van der Waals surface area contributed by atoms with Crippen LogP contribution in [0, 0.1) is 0 Å². The van der Waals surface area contributed by atoms with Crippen LogP contribution < -0.4 is 10.6 Å². The van der Waals surface area contributed by atoms with Crippen LogP contribution in [-0.4, -0.2) is 53.3 Å². The van der Waals surface area contributed by atoms with Crippen molar-refractivity contribution in [1.29, 1.82) is 0 Å². The minimum absolute atomic E-state index is 0.0841. The Morgan fingerprint density at radius 1 is 1.14 bits per heavy atom. The Morgan fingerprint density at radius 2 is 1.89 bits per heavy atom. The number of Topliss-reactive ketones (excluding diaryl/α,β-unsaturated/α-hetero) is 1. The molecule has 1 aliphatic heterocycles. The van der Waals surface area contributed by atoms with Crippen LogP contribution in [0.25, 0.3) is 0 Å². The first-order valence-electron chi connectivity index (χ1n) is 9.50.